The smallest absolute Gasteiger partial charge is 0.127 e. The molecule has 1 nitrogen and oxygen atoms in total. The highest BCUT2D eigenvalue weighted by atomic mass is 16.5. The molecule has 0 amide bonds. The van der Waals surface area contributed by atoms with Gasteiger partial charge in [-0.3, -0.25) is 0 Å². The maximum Gasteiger partial charge on any atom is 0.127 e. The van der Waals surface area contributed by atoms with Gasteiger partial charge in [-0.25, -0.2) is 0 Å². The third-order valence-corrected chi connectivity index (χ3v) is 3.49. The molecule has 0 heterocycles. The summed E-state index contributed by atoms with van der Waals surface area (Å²) in [6.45, 7) is 0. The number of rotatable bonds is 3. The van der Waals surface area contributed by atoms with E-state index in [1.165, 1.54) is 36.8 Å². The Labute approximate surface area is 114 Å². The molecular formula is C18H18O. The Kier molecular flexibility index (Phi) is 3.64. The molecule has 0 fully saturated rings. The molecule has 0 unspecified atom stereocenters. The van der Waals surface area contributed by atoms with Gasteiger partial charge in [-0.1, -0.05) is 36.4 Å². The van der Waals surface area contributed by atoms with Crippen LogP contribution in [0.4, 0.5) is 0 Å². The topological polar surface area (TPSA) is 9.23 Å². The van der Waals surface area contributed by atoms with Crippen molar-refractivity contribution in [1.29, 1.82) is 0 Å². The molecule has 0 aliphatic heterocycles. The standard InChI is InChI=1S/C18H18O/c1-3-7-15(8-4-1)16-11-13-18(14-12-16)19-17-9-5-2-6-10-17/h2,5-7,9-14H,1,3-4,8H2. The summed E-state index contributed by atoms with van der Waals surface area (Å²) < 4.78 is 5.80. The first-order valence-corrected chi connectivity index (χ1v) is 6.94. The minimum atomic E-state index is 0.882. The molecule has 1 heteroatoms. The minimum Gasteiger partial charge on any atom is -0.457 e. The van der Waals surface area contributed by atoms with Gasteiger partial charge in [-0.2, -0.15) is 0 Å². The molecule has 0 N–H and O–H groups in total. The van der Waals surface area contributed by atoms with Crippen molar-refractivity contribution in [1.82, 2.24) is 0 Å². The Balaban J connectivity index is 1.74. The van der Waals surface area contributed by atoms with Crippen LogP contribution in [0.1, 0.15) is 31.2 Å². The van der Waals surface area contributed by atoms with Crippen molar-refractivity contribution in [2.45, 2.75) is 25.7 Å². The molecule has 0 bridgehead atoms. The minimum absolute atomic E-state index is 0.882. The number of benzene rings is 2. The summed E-state index contributed by atoms with van der Waals surface area (Å²) in [7, 11) is 0. The molecule has 2 aromatic carbocycles. The Hall–Kier alpha value is -2.02. The normalized spacial score (nSPS) is 14.8. The molecular weight excluding hydrogens is 232 g/mol. The predicted molar refractivity (Wildman–Crippen MR) is 79.4 cm³/mol. The molecule has 0 saturated heterocycles. The lowest BCUT2D eigenvalue weighted by atomic mass is 9.94. The van der Waals surface area contributed by atoms with Crippen molar-refractivity contribution in [2.24, 2.45) is 0 Å². The first kappa shape index (κ1) is 12.0. The number of ether oxygens (including phenoxy) is 1. The Morgan fingerprint density at radius 3 is 2.16 bits per heavy atom. The van der Waals surface area contributed by atoms with Gasteiger partial charge in [-0.15, -0.1) is 0 Å². The average Bonchev–Trinajstić information content (AvgIpc) is 2.50. The second-order valence-corrected chi connectivity index (χ2v) is 4.91. The van der Waals surface area contributed by atoms with Gasteiger partial charge in [0.25, 0.3) is 0 Å². The molecule has 1 aliphatic carbocycles. The SMILES string of the molecule is C1=C(c2ccc(Oc3ccccc3)cc2)CCCC1. The Morgan fingerprint density at radius 2 is 1.47 bits per heavy atom. The lowest BCUT2D eigenvalue weighted by molar-refractivity contribution is 0.482. The van der Waals surface area contributed by atoms with E-state index >= 15 is 0 Å². The summed E-state index contributed by atoms with van der Waals surface area (Å²) in [5.74, 6) is 1.78. The number of hydrogen-bond donors (Lipinski definition) is 0. The van der Waals surface area contributed by atoms with E-state index in [1.54, 1.807) is 0 Å². The average molecular weight is 250 g/mol. The highest BCUT2D eigenvalue weighted by Crippen LogP contribution is 2.29. The first-order valence-electron chi connectivity index (χ1n) is 6.94. The van der Waals surface area contributed by atoms with Gasteiger partial charge in [0.1, 0.15) is 11.5 Å². The van der Waals surface area contributed by atoms with E-state index in [1.807, 2.05) is 30.3 Å². The fraction of sp³-hybridized carbons (Fsp3) is 0.222. The van der Waals surface area contributed by atoms with Gasteiger partial charge in [0, 0.05) is 0 Å². The van der Waals surface area contributed by atoms with Gasteiger partial charge in [0.15, 0.2) is 0 Å². The van der Waals surface area contributed by atoms with Crippen LogP contribution in [0, 0.1) is 0 Å². The fourth-order valence-corrected chi connectivity index (χ4v) is 2.46. The second-order valence-electron chi connectivity index (χ2n) is 4.91. The van der Waals surface area contributed by atoms with Crippen LogP contribution in [0.25, 0.3) is 5.57 Å². The van der Waals surface area contributed by atoms with Crippen LogP contribution in [0.3, 0.4) is 0 Å². The summed E-state index contributed by atoms with van der Waals surface area (Å²) in [6.07, 6.45) is 7.44. The van der Waals surface area contributed by atoms with Gasteiger partial charge in [-0.05, 0) is 61.1 Å². The zero-order chi connectivity index (χ0) is 12.9. The van der Waals surface area contributed by atoms with Crippen LogP contribution in [-0.2, 0) is 0 Å². The summed E-state index contributed by atoms with van der Waals surface area (Å²) >= 11 is 0. The van der Waals surface area contributed by atoms with E-state index in [4.69, 9.17) is 4.74 Å². The maximum absolute atomic E-state index is 5.80. The van der Waals surface area contributed by atoms with E-state index in [0.717, 1.165) is 11.5 Å². The summed E-state index contributed by atoms with van der Waals surface area (Å²) in [5.41, 5.74) is 2.82. The summed E-state index contributed by atoms with van der Waals surface area (Å²) in [6, 6.07) is 18.3. The van der Waals surface area contributed by atoms with E-state index in [9.17, 15) is 0 Å². The molecule has 0 atom stereocenters. The van der Waals surface area contributed by atoms with Gasteiger partial charge in [0.2, 0.25) is 0 Å². The van der Waals surface area contributed by atoms with E-state index < -0.39 is 0 Å². The third kappa shape index (κ3) is 3.05. The van der Waals surface area contributed by atoms with Crippen LogP contribution < -0.4 is 4.74 Å². The van der Waals surface area contributed by atoms with Crippen molar-refractivity contribution >= 4 is 5.57 Å². The molecule has 19 heavy (non-hydrogen) atoms. The molecule has 2 aromatic rings. The molecule has 3 rings (SSSR count). The van der Waals surface area contributed by atoms with Crippen LogP contribution in [0.2, 0.25) is 0 Å². The molecule has 0 radical (unpaired) electrons. The van der Waals surface area contributed by atoms with E-state index in [2.05, 4.69) is 30.3 Å². The first-order chi connectivity index (χ1) is 9.42. The zero-order valence-corrected chi connectivity index (χ0v) is 11.0. The highest BCUT2D eigenvalue weighted by molar-refractivity contribution is 5.66. The predicted octanol–water partition coefficient (Wildman–Crippen LogP) is 5.44. The number of para-hydroxylation sites is 1. The lowest BCUT2D eigenvalue weighted by Gasteiger charge is -2.13. The van der Waals surface area contributed by atoms with E-state index in [-0.39, 0.29) is 0 Å². The Bertz CT molecular complexity index is 552. The fourth-order valence-electron chi connectivity index (χ4n) is 2.46. The van der Waals surface area contributed by atoms with Gasteiger partial charge in [0.05, 0.1) is 0 Å². The summed E-state index contributed by atoms with van der Waals surface area (Å²) in [5, 5.41) is 0. The molecule has 96 valence electrons. The molecule has 1 aliphatic rings. The van der Waals surface area contributed by atoms with Crippen LogP contribution in [0.15, 0.2) is 60.7 Å². The van der Waals surface area contributed by atoms with Gasteiger partial charge >= 0.3 is 0 Å². The summed E-state index contributed by atoms with van der Waals surface area (Å²) in [4.78, 5) is 0. The third-order valence-electron chi connectivity index (χ3n) is 3.49. The van der Waals surface area contributed by atoms with Crippen molar-refractivity contribution < 1.29 is 4.74 Å². The van der Waals surface area contributed by atoms with Crippen molar-refractivity contribution in [3.63, 3.8) is 0 Å². The van der Waals surface area contributed by atoms with Crippen LogP contribution in [0.5, 0.6) is 11.5 Å². The molecule has 0 aromatic heterocycles. The zero-order valence-electron chi connectivity index (χ0n) is 11.0. The maximum atomic E-state index is 5.80. The molecule has 0 saturated carbocycles. The Morgan fingerprint density at radius 1 is 0.737 bits per heavy atom. The largest absolute Gasteiger partial charge is 0.457 e. The second kappa shape index (κ2) is 5.75. The quantitative estimate of drug-likeness (QED) is 0.705. The molecule has 0 spiro atoms. The number of hydrogen-bond acceptors (Lipinski definition) is 1. The van der Waals surface area contributed by atoms with Crippen LogP contribution >= 0.6 is 0 Å². The van der Waals surface area contributed by atoms with Crippen LogP contribution in [-0.4, -0.2) is 0 Å². The lowest BCUT2D eigenvalue weighted by Crippen LogP contribution is -1.91. The highest BCUT2D eigenvalue weighted by Gasteiger charge is 2.06. The van der Waals surface area contributed by atoms with Crippen molar-refractivity contribution in [3.8, 4) is 11.5 Å². The monoisotopic (exact) mass is 250 g/mol. The van der Waals surface area contributed by atoms with Crippen molar-refractivity contribution in [3.05, 3.63) is 66.2 Å². The van der Waals surface area contributed by atoms with Gasteiger partial charge < -0.3 is 4.74 Å². The van der Waals surface area contributed by atoms with E-state index in [0.29, 0.717) is 0 Å². The van der Waals surface area contributed by atoms with Crippen molar-refractivity contribution in [2.75, 3.05) is 0 Å². The number of allylic oxidation sites excluding steroid dienone is 2.